The number of hydrogen-bond donors (Lipinski definition) is 1. The SMILES string of the molecule is CCSc1ccc(C(NC)C2CCC(C)C(C)C2)cc1. The largest absolute Gasteiger partial charge is 0.313 e. The van der Waals surface area contributed by atoms with E-state index in [-0.39, 0.29) is 0 Å². The fraction of sp³-hybridized carbons (Fsp3) is 0.667. The number of nitrogens with one attached hydrogen (secondary N) is 1. The van der Waals surface area contributed by atoms with Gasteiger partial charge in [-0.25, -0.2) is 0 Å². The predicted molar refractivity (Wildman–Crippen MR) is 90.3 cm³/mol. The van der Waals surface area contributed by atoms with Gasteiger partial charge in [0.1, 0.15) is 0 Å². The Morgan fingerprint density at radius 3 is 2.40 bits per heavy atom. The molecule has 0 saturated heterocycles. The number of benzene rings is 1. The second-order valence-electron chi connectivity index (χ2n) is 6.30. The highest BCUT2D eigenvalue weighted by atomic mass is 32.2. The maximum atomic E-state index is 3.57. The van der Waals surface area contributed by atoms with Gasteiger partial charge >= 0.3 is 0 Å². The first kappa shape index (κ1) is 15.9. The molecule has 112 valence electrons. The van der Waals surface area contributed by atoms with Gasteiger partial charge in [0.25, 0.3) is 0 Å². The molecule has 2 rings (SSSR count). The molecule has 1 fully saturated rings. The van der Waals surface area contributed by atoms with E-state index in [9.17, 15) is 0 Å². The molecule has 0 aromatic heterocycles. The molecule has 0 spiro atoms. The Morgan fingerprint density at radius 2 is 1.85 bits per heavy atom. The lowest BCUT2D eigenvalue weighted by Gasteiger charge is -2.37. The second-order valence-corrected chi connectivity index (χ2v) is 7.63. The minimum absolute atomic E-state index is 0.519. The Morgan fingerprint density at radius 1 is 1.15 bits per heavy atom. The van der Waals surface area contributed by atoms with Gasteiger partial charge in [-0.1, -0.05) is 39.3 Å². The molecule has 0 amide bonds. The molecule has 2 heteroatoms. The maximum Gasteiger partial charge on any atom is 0.0346 e. The minimum Gasteiger partial charge on any atom is -0.313 e. The molecule has 4 unspecified atom stereocenters. The van der Waals surface area contributed by atoms with Crippen LogP contribution < -0.4 is 5.32 Å². The van der Waals surface area contributed by atoms with E-state index in [2.05, 4.69) is 57.4 Å². The molecule has 0 aliphatic heterocycles. The maximum absolute atomic E-state index is 3.57. The molecule has 20 heavy (non-hydrogen) atoms. The fourth-order valence-electron chi connectivity index (χ4n) is 3.50. The molecule has 1 nitrogen and oxygen atoms in total. The summed E-state index contributed by atoms with van der Waals surface area (Å²) in [5, 5.41) is 3.57. The van der Waals surface area contributed by atoms with Crippen molar-refractivity contribution in [1.82, 2.24) is 5.32 Å². The molecule has 0 radical (unpaired) electrons. The van der Waals surface area contributed by atoms with E-state index in [1.165, 1.54) is 29.7 Å². The molecular formula is C18H29NS. The zero-order valence-corrected chi connectivity index (χ0v) is 14.2. The van der Waals surface area contributed by atoms with Crippen LogP contribution in [0.5, 0.6) is 0 Å². The lowest BCUT2D eigenvalue weighted by atomic mass is 9.72. The van der Waals surface area contributed by atoms with E-state index >= 15 is 0 Å². The Kier molecular flexibility index (Phi) is 5.98. The predicted octanol–water partition coefficient (Wildman–Crippen LogP) is 5.13. The van der Waals surface area contributed by atoms with Crippen LogP contribution >= 0.6 is 11.8 Å². The van der Waals surface area contributed by atoms with Crippen LogP contribution in [-0.4, -0.2) is 12.8 Å². The Balaban J connectivity index is 2.07. The van der Waals surface area contributed by atoms with Gasteiger partial charge in [-0.15, -0.1) is 11.8 Å². The van der Waals surface area contributed by atoms with Gasteiger partial charge in [0.2, 0.25) is 0 Å². The lowest BCUT2D eigenvalue weighted by Crippen LogP contribution is -2.31. The second kappa shape index (κ2) is 7.51. The highest BCUT2D eigenvalue weighted by Crippen LogP contribution is 2.39. The molecule has 1 N–H and O–H groups in total. The van der Waals surface area contributed by atoms with Crippen molar-refractivity contribution in [3.8, 4) is 0 Å². The highest BCUT2D eigenvalue weighted by molar-refractivity contribution is 7.99. The zero-order chi connectivity index (χ0) is 14.5. The van der Waals surface area contributed by atoms with Crippen molar-refractivity contribution in [2.75, 3.05) is 12.8 Å². The van der Waals surface area contributed by atoms with Crippen LogP contribution in [0, 0.1) is 17.8 Å². The fourth-order valence-corrected chi connectivity index (χ4v) is 4.17. The molecular weight excluding hydrogens is 262 g/mol. The van der Waals surface area contributed by atoms with E-state index in [1.54, 1.807) is 0 Å². The topological polar surface area (TPSA) is 12.0 Å². The van der Waals surface area contributed by atoms with Crippen molar-refractivity contribution in [2.45, 2.75) is 51.0 Å². The van der Waals surface area contributed by atoms with Crippen LogP contribution in [-0.2, 0) is 0 Å². The van der Waals surface area contributed by atoms with E-state index in [1.807, 2.05) is 11.8 Å². The van der Waals surface area contributed by atoms with E-state index in [4.69, 9.17) is 0 Å². The number of rotatable bonds is 5. The van der Waals surface area contributed by atoms with Crippen LogP contribution in [0.4, 0.5) is 0 Å². The summed E-state index contributed by atoms with van der Waals surface area (Å²) in [6, 6.07) is 9.72. The van der Waals surface area contributed by atoms with E-state index in [0.29, 0.717) is 6.04 Å². The molecule has 4 atom stereocenters. The average Bonchev–Trinajstić information content (AvgIpc) is 2.46. The standard InChI is InChI=1S/C18H29NS/c1-5-20-17-10-8-15(9-11-17)18(19-4)16-7-6-13(2)14(3)12-16/h8-11,13-14,16,18-19H,5-7,12H2,1-4H3. The summed E-state index contributed by atoms with van der Waals surface area (Å²) in [5.74, 6) is 3.69. The first-order valence-electron chi connectivity index (χ1n) is 8.05. The third kappa shape index (κ3) is 3.79. The summed E-state index contributed by atoms with van der Waals surface area (Å²) in [6.07, 6.45) is 4.11. The quantitative estimate of drug-likeness (QED) is 0.755. The van der Waals surface area contributed by atoms with Gasteiger partial charge in [-0.05, 0) is 61.1 Å². The molecule has 1 aliphatic rings. The van der Waals surface area contributed by atoms with Crippen LogP contribution in [0.1, 0.15) is 51.6 Å². The summed E-state index contributed by atoms with van der Waals surface area (Å²) >= 11 is 1.92. The first-order chi connectivity index (χ1) is 9.65. The molecule has 1 aromatic carbocycles. The van der Waals surface area contributed by atoms with Gasteiger partial charge in [0.15, 0.2) is 0 Å². The summed E-state index contributed by atoms with van der Waals surface area (Å²) in [5.41, 5.74) is 1.46. The molecule has 1 aliphatic carbocycles. The molecule has 0 bridgehead atoms. The van der Waals surface area contributed by atoms with Crippen molar-refractivity contribution in [2.24, 2.45) is 17.8 Å². The van der Waals surface area contributed by atoms with Crippen LogP contribution in [0.15, 0.2) is 29.2 Å². The van der Waals surface area contributed by atoms with Crippen LogP contribution in [0.25, 0.3) is 0 Å². The smallest absolute Gasteiger partial charge is 0.0346 e. The normalized spacial score (nSPS) is 28.3. The third-order valence-corrected chi connectivity index (χ3v) is 5.87. The van der Waals surface area contributed by atoms with Gasteiger partial charge in [-0.2, -0.15) is 0 Å². The lowest BCUT2D eigenvalue weighted by molar-refractivity contribution is 0.174. The Labute approximate surface area is 128 Å². The van der Waals surface area contributed by atoms with Crippen molar-refractivity contribution in [3.05, 3.63) is 29.8 Å². The first-order valence-corrected chi connectivity index (χ1v) is 9.04. The minimum atomic E-state index is 0.519. The Bertz CT molecular complexity index is 400. The number of hydrogen-bond acceptors (Lipinski definition) is 2. The summed E-state index contributed by atoms with van der Waals surface area (Å²) < 4.78 is 0. The molecule has 1 saturated carbocycles. The van der Waals surface area contributed by atoms with Crippen LogP contribution in [0.3, 0.4) is 0 Å². The molecule has 0 heterocycles. The average molecular weight is 292 g/mol. The molecule has 1 aromatic rings. The third-order valence-electron chi connectivity index (χ3n) is 4.97. The van der Waals surface area contributed by atoms with Crippen molar-refractivity contribution in [3.63, 3.8) is 0 Å². The van der Waals surface area contributed by atoms with E-state index < -0.39 is 0 Å². The van der Waals surface area contributed by atoms with Gasteiger partial charge in [0.05, 0.1) is 0 Å². The van der Waals surface area contributed by atoms with Crippen molar-refractivity contribution in [1.29, 1.82) is 0 Å². The summed E-state index contributed by atoms with van der Waals surface area (Å²) in [6.45, 7) is 7.04. The summed E-state index contributed by atoms with van der Waals surface area (Å²) in [7, 11) is 2.11. The van der Waals surface area contributed by atoms with Crippen LogP contribution in [0.2, 0.25) is 0 Å². The van der Waals surface area contributed by atoms with Gasteiger partial charge < -0.3 is 5.32 Å². The van der Waals surface area contributed by atoms with Gasteiger partial charge in [-0.3, -0.25) is 0 Å². The zero-order valence-electron chi connectivity index (χ0n) is 13.4. The highest BCUT2D eigenvalue weighted by Gasteiger charge is 2.30. The van der Waals surface area contributed by atoms with Crippen molar-refractivity contribution < 1.29 is 0 Å². The monoisotopic (exact) mass is 291 g/mol. The number of thioether (sulfide) groups is 1. The van der Waals surface area contributed by atoms with Gasteiger partial charge in [0, 0.05) is 10.9 Å². The van der Waals surface area contributed by atoms with Crippen molar-refractivity contribution >= 4 is 11.8 Å². The summed E-state index contributed by atoms with van der Waals surface area (Å²) in [4.78, 5) is 1.39. The Hall–Kier alpha value is -0.470. The van der Waals surface area contributed by atoms with E-state index in [0.717, 1.165) is 23.5 Å².